The van der Waals surface area contributed by atoms with E-state index in [2.05, 4.69) is 15.6 Å². The molecular weight excluding hydrogens is 414 g/mol. The Balaban J connectivity index is 2.02. The van der Waals surface area contributed by atoms with Crippen LogP contribution >= 0.6 is 22.9 Å². The number of aliphatic hydroxyl groups excluding tert-OH is 1. The van der Waals surface area contributed by atoms with E-state index in [0.29, 0.717) is 47.1 Å². The second-order valence-electron chi connectivity index (χ2n) is 6.06. The van der Waals surface area contributed by atoms with Crippen LogP contribution in [-0.2, 0) is 6.42 Å². The highest BCUT2D eigenvalue weighted by Gasteiger charge is 2.14. The van der Waals surface area contributed by atoms with Gasteiger partial charge in [-0.1, -0.05) is 11.6 Å². The first kappa shape index (κ1) is 23.1. The van der Waals surface area contributed by atoms with Crippen LogP contribution in [0.1, 0.15) is 23.5 Å². The fraction of sp³-hybridized carbons (Fsp3) is 0.450. The SMILES string of the molecule is CCNC(=NCC(O)c1ccc(Cl)s1)NCCc1c(OC)cc(OC)cc1OC. The quantitative estimate of drug-likeness (QED) is 0.387. The summed E-state index contributed by atoms with van der Waals surface area (Å²) in [7, 11) is 4.84. The summed E-state index contributed by atoms with van der Waals surface area (Å²) < 4.78 is 16.9. The van der Waals surface area contributed by atoms with Gasteiger partial charge in [-0.2, -0.15) is 0 Å². The third-order valence-electron chi connectivity index (χ3n) is 4.17. The number of methoxy groups -OCH3 is 3. The van der Waals surface area contributed by atoms with E-state index in [4.69, 9.17) is 25.8 Å². The molecule has 1 atom stereocenters. The van der Waals surface area contributed by atoms with Crippen molar-refractivity contribution in [3.05, 3.63) is 39.0 Å². The second kappa shape index (κ2) is 11.7. The van der Waals surface area contributed by atoms with Gasteiger partial charge in [0.05, 0.1) is 32.2 Å². The number of aliphatic hydroxyl groups is 1. The summed E-state index contributed by atoms with van der Waals surface area (Å²) in [6.45, 7) is 3.54. The van der Waals surface area contributed by atoms with Crippen LogP contribution in [0.25, 0.3) is 0 Å². The maximum Gasteiger partial charge on any atom is 0.191 e. The highest BCUT2D eigenvalue weighted by Crippen LogP contribution is 2.34. The predicted octanol–water partition coefficient (Wildman–Crippen LogP) is 3.26. The lowest BCUT2D eigenvalue weighted by Gasteiger charge is -2.16. The Morgan fingerprint density at radius 1 is 1.14 bits per heavy atom. The lowest BCUT2D eigenvalue weighted by molar-refractivity contribution is 0.191. The van der Waals surface area contributed by atoms with Crippen LogP contribution in [0, 0.1) is 0 Å². The van der Waals surface area contributed by atoms with E-state index >= 15 is 0 Å². The molecule has 1 heterocycles. The Labute approximate surface area is 180 Å². The van der Waals surface area contributed by atoms with E-state index in [9.17, 15) is 5.11 Å². The highest BCUT2D eigenvalue weighted by molar-refractivity contribution is 7.16. The lowest BCUT2D eigenvalue weighted by Crippen LogP contribution is -2.38. The molecule has 0 bridgehead atoms. The zero-order valence-corrected chi connectivity index (χ0v) is 18.7. The van der Waals surface area contributed by atoms with Crippen LogP contribution in [0.5, 0.6) is 17.2 Å². The van der Waals surface area contributed by atoms with Crippen LogP contribution in [0.4, 0.5) is 0 Å². The predicted molar refractivity (Wildman–Crippen MR) is 118 cm³/mol. The van der Waals surface area contributed by atoms with Gasteiger partial charge in [-0.3, -0.25) is 4.99 Å². The molecule has 0 fully saturated rings. The summed E-state index contributed by atoms with van der Waals surface area (Å²) in [5.41, 5.74) is 0.937. The number of ether oxygens (including phenoxy) is 3. The molecule has 0 aliphatic rings. The van der Waals surface area contributed by atoms with Crippen molar-refractivity contribution in [2.45, 2.75) is 19.4 Å². The average Bonchev–Trinajstić information content (AvgIpc) is 3.17. The molecule has 0 spiro atoms. The zero-order chi connectivity index (χ0) is 21.2. The summed E-state index contributed by atoms with van der Waals surface area (Å²) in [6.07, 6.45) is -0.0335. The van der Waals surface area contributed by atoms with Gasteiger partial charge in [0.25, 0.3) is 0 Å². The number of halogens is 1. The van der Waals surface area contributed by atoms with E-state index in [-0.39, 0.29) is 6.54 Å². The number of nitrogens with one attached hydrogen (secondary N) is 2. The molecule has 160 valence electrons. The Morgan fingerprint density at radius 2 is 1.83 bits per heavy atom. The molecule has 0 radical (unpaired) electrons. The molecule has 1 aromatic heterocycles. The number of guanidine groups is 1. The minimum absolute atomic E-state index is 0.237. The Bertz CT molecular complexity index is 788. The van der Waals surface area contributed by atoms with E-state index in [0.717, 1.165) is 10.4 Å². The highest BCUT2D eigenvalue weighted by atomic mass is 35.5. The number of benzene rings is 1. The number of rotatable bonds is 10. The van der Waals surface area contributed by atoms with Gasteiger partial charge in [0.2, 0.25) is 0 Å². The van der Waals surface area contributed by atoms with Crippen LogP contribution in [0.3, 0.4) is 0 Å². The van der Waals surface area contributed by atoms with Crippen molar-refractivity contribution in [3.63, 3.8) is 0 Å². The number of aliphatic imine (C=N–C) groups is 1. The van der Waals surface area contributed by atoms with Crippen LogP contribution in [0.15, 0.2) is 29.3 Å². The number of hydrogen-bond acceptors (Lipinski definition) is 6. The molecule has 7 nitrogen and oxygen atoms in total. The monoisotopic (exact) mass is 441 g/mol. The first-order valence-electron chi connectivity index (χ1n) is 9.26. The first-order chi connectivity index (χ1) is 14.0. The zero-order valence-electron chi connectivity index (χ0n) is 17.1. The van der Waals surface area contributed by atoms with Crippen molar-refractivity contribution in [1.29, 1.82) is 0 Å². The van der Waals surface area contributed by atoms with Gasteiger partial charge < -0.3 is 30.0 Å². The molecule has 1 aromatic carbocycles. The average molecular weight is 442 g/mol. The fourth-order valence-electron chi connectivity index (χ4n) is 2.75. The van der Waals surface area contributed by atoms with Crippen LogP contribution in [-0.4, -0.2) is 52.0 Å². The van der Waals surface area contributed by atoms with Crippen molar-refractivity contribution >= 4 is 28.9 Å². The van der Waals surface area contributed by atoms with E-state index in [1.807, 2.05) is 25.1 Å². The van der Waals surface area contributed by atoms with Gasteiger partial charge >= 0.3 is 0 Å². The lowest BCUT2D eigenvalue weighted by atomic mass is 10.1. The fourth-order valence-corrected chi connectivity index (χ4v) is 3.79. The minimum Gasteiger partial charge on any atom is -0.496 e. The third-order valence-corrected chi connectivity index (χ3v) is 5.51. The molecule has 0 saturated heterocycles. The molecule has 0 amide bonds. The summed E-state index contributed by atoms with van der Waals surface area (Å²) in [4.78, 5) is 5.26. The summed E-state index contributed by atoms with van der Waals surface area (Å²) in [5, 5.41) is 16.7. The maximum atomic E-state index is 10.3. The second-order valence-corrected chi connectivity index (χ2v) is 7.81. The van der Waals surface area contributed by atoms with E-state index < -0.39 is 6.10 Å². The van der Waals surface area contributed by atoms with Gasteiger partial charge in [0.1, 0.15) is 23.4 Å². The summed E-state index contributed by atoms with van der Waals surface area (Å²) >= 11 is 7.29. The topological polar surface area (TPSA) is 84.3 Å². The molecule has 2 rings (SSSR count). The largest absolute Gasteiger partial charge is 0.496 e. The smallest absolute Gasteiger partial charge is 0.191 e. The van der Waals surface area contributed by atoms with Gasteiger partial charge in [-0.25, -0.2) is 0 Å². The van der Waals surface area contributed by atoms with E-state index in [1.165, 1.54) is 11.3 Å². The Kier molecular flexibility index (Phi) is 9.37. The number of nitrogens with zero attached hydrogens (tertiary/aromatic N) is 1. The number of hydrogen-bond donors (Lipinski definition) is 3. The standard InChI is InChI=1S/C20H28ClN3O4S/c1-5-22-20(24-12-15(25)18-6-7-19(21)29-18)23-9-8-14-16(27-3)10-13(26-2)11-17(14)28-4/h6-7,10-11,15,25H,5,8-9,12H2,1-4H3,(H2,22,23,24). The molecule has 1 unspecified atom stereocenters. The molecule has 0 aliphatic carbocycles. The molecule has 9 heteroatoms. The van der Waals surface area contributed by atoms with Gasteiger partial charge in [0.15, 0.2) is 5.96 Å². The Hall–Kier alpha value is -2.16. The molecule has 3 N–H and O–H groups in total. The Morgan fingerprint density at radius 3 is 2.34 bits per heavy atom. The van der Waals surface area contributed by atoms with Crippen molar-refractivity contribution in [1.82, 2.24) is 10.6 Å². The van der Waals surface area contributed by atoms with Crippen molar-refractivity contribution in [3.8, 4) is 17.2 Å². The maximum absolute atomic E-state index is 10.3. The van der Waals surface area contributed by atoms with Gasteiger partial charge in [-0.15, -0.1) is 11.3 Å². The minimum atomic E-state index is -0.690. The van der Waals surface area contributed by atoms with Gasteiger partial charge in [-0.05, 0) is 25.5 Å². The van der Waals surface area contributed by atoms with Crippen LogP contribution in [0.2, 0.25) is 4.34 Å². The molecular formula is C20H28ClN3O4S. The normalized spacial score (nSPS) is 12.4. The van der Waals surface area contributed by atoms with Crippen molar-refractivity contribution in [2.75, 3.05) is 41.0 Å². The number of thiophene rings is 1. The molecule has 29 heavy (non-hydrogen) atoms. The first-order valence-corrected chi connectivity index (χ1v) is 10.5. The van der Waals surface area contributed by atoms with Gasteiger partial charge in [0, 0.05) is 35.7 Å². The molecule has 0 aliphatic heterocycles. The molecule has 0 saturated carbocycles. The van der Waals surface area contributed by atoms with Crippen molar-refractivity contribution < 1.29 is 19.3 Å². The van der Waals surface area contributed by atoms with E-state index in [1.54, 1.807) is 27.4 Å². The molecule has 2 aromatic rings. The summed E-state index contributed by atoms with van der Waals surface area (Å²) in [5.74, 6) is 2.71. The van der Waals surface area contributed by atoms with Crippen molar-refractivity contribution in [2.24, 2.45) is 4.99 Å². The summed E-state index contributed by atoms with van der Waals surface area (Å²) in [6, 6.07) is 7.25. The van der Waals surface area contributed by atoms with Crippen LogP contribution < -0.4 is 24.8 Å². The third kappa shape index (κ3) is 6.69.